The van der Waals surface area contributed by atoms with Crippen LogP contribution in [0.5, 0.6) is 5.75 Å². The smallest absolute Gasteiger partial charge is 0.293 e. The first-order valence-electron chi connectivity index (χ1n) is 9.55. The van der Waals surface area contributed by atoms with E-state index in [2.05, 4.69) is 15.9 Å². The van der Waals surface area contributed by atoms with Gasteiger partial charge in [0, 0.05) is 10.0 Å². The summed E-state index contributed by atoms with van der Waals surface area (Å²) in [5, 5.41) is -0.400. The summed E-state index contributed by atoms with van der Waals surface area (Å²) in [7, 11) is 0. The maximum absolute atomic E-state index is 13.4. The van der Waals surface area contributed by atoms with Gasteiger partial charge in [-0.15, -0.1) is 0 Å². The van der Waals surface area contributed by atoms with Crippen LogP contribution in [0.2, 0.25) is 0 Å². The second kappa shape index (κ2) is 9.67. The number of carbonyl (C=O) groups is 2. The third-order valence-corrected chi connectivity index (χ3v) is 6.07. The lowest BCUT2D eigenvalue weighted by molar-refractivity contribution is -0.123. The van der Waals surface area contributed by atoms with Crippen molar-refractivity contribution in [2.24, 2.45) is 0 Å². The quantitative estimate of drug-likeness (QED) is 0.349. The van der Waals surface area contributed by atoms with Crippen LogP contribution in [0.3, 0.4) is 0 Å². The highest BCUT2D eigenvalue weighted by Crippen LogP contribution is 2.36. The number of hydrogen-bond donors (Lipinski definition) is 0. The Morgan fingerprint density at radius 3 is 2.47 bits per heavy atom. The molecule has 0 bridgehead atoms. The zero-order valence-corrected chi connectivity index (χ0v) is 19.0. The molecule has 32 heavy (non-hydrogen) atoms. The molecule has 1 aliphatic heterocycles. The van der Waals surface area contributed by atoms with Crippen LogP contribution in [0.4, 0.5) is 13.6 Å². The summed E-state index contributed by atoms with van der Waals surface area (Å²) in [4.78, 5) is 26.7. The molecular formula is C24H16BrF2NO3S. The van der Waals surface area contributed by atoms with E-state index in [-0.39, 0.29) is 29.7 Å². The van der Waals surface area contributed by atoms with Crippen LogP contribution < -0.4 is 4.74 Å². The van der Waals surface area contributed by atoms with Crippen LogP contribution in [0.15, 0.2) is 76.1 Å². The van der Waals surface area contributed by atoms with Crippen molar-refractivity contribution in [3.63, 3.8) is 0 Å². The van der Waals surface area contributed by atoms with Gasteiger partial charge in [0.05, 0.1) is 11.4 Å². The van der Waals surface area contributed by atoms with Crippen LogP contribution in [0.1, 0.15) is 16.7 Å². The van der Waals surface area contributed by atoms with E-state index < -0.39 is 11.1 Å². The van der Waals surface area contributed by atoms with Crippen LogP contribution in [0, 0.1) is 11.6 Å². The number of nitrogens with zero attached hydrogens (tertiary/aromatic N) is 1. The average molecular weight is 516 g/mol. The summed E-state index contributed by atoms with van der Waals surface area (Å²) in [5.41, 5.74) is 1.91. The van der Waals surface area contributed by atoms with Gasteiger partial charge in [-0.2, -0.15) is 0 Å². The van der Waals surface area contributed by atoms with E-state index in [4.69, 9.17) is 4.74 Å². The number of hydrogen-bond acceptors (Lipinski definition) is 4. The lowest BCUT2D eigenvalue weighted by atomic mass is 10.1. The summed E-state index contributed by atoms with van der Waals surface area (Å²) >= 11 is 4.24. The molecule has 1 fully saturated rings. The van der Waals surface area contributed by atoms with Gasteiger partial charge in [-0.05, 0) is 71.4 Å². The van der Waals surface area contributed by atoms with Crippen molar-refractivity contribution in [2.75, 3.05) is 0 Å². The second-order valence-electron chi connectivity index (χ2n) is 7.00. The van der Waals surface area contributed by atoms with Gasteiger partial charge in [0.25, 0.3) is 11.1 Å². The molecule has 1 aliphatic rings. The zero-order chi connectivity index (χ0) is 22.7. The molecule has 162 valence electrons. The number of ether oxygens (including phenoxy) is 1. The van der Waals surface area contributed by atoms with Gasteiger partial charge >= 0.3 is 0 Å². The molecule has 2 amide bonds. The fourth-order valence-corrected chi connectivity index (χ4v) is 4.31. The molecule has 4 nitrogen and oxygen atoms in total. The van der Waals surface area contributed by atoms with Crippen molar-refractivity contribution >= 4 is 44.9 Å². The Balaban J connectivity index is 1.55. The average Bonchev–Trinajstić information content (AvgIpc) is 3.02. The van der Waals surface area contributed by atoms with Crippen molar-refractivity contribution in [1.29, 1.82) is 0 Å². The summed E-state index contributed by atoms with van der Waals surface area (Å²) in [5.74, 6) is -0.677. The Hall–Kier alpha value is -2.97. The molecule has 1 saturated heterocycles. The summed E-state index contributed by atoms with van der Waals surface area (Å²) in [6.45, 7) is 0.204. The molecule has 0 aromatic heterocycles. The molecule has 0 radical (unpaired) electrons. The number of imide groups is 1. The first kappa shape index (κ1) is 22.2. The number of carbonyl (C=O) groups excluding carboxylic acids is 2. The lowest BCUT2D eigenvalue weighted by Crippen LogP contribution is -2.27. The van der Waals surface area contributed by atoms with E-state index in [9.17, 15) is 18.4 Å². The van der Waals surface area contributed by atoms with Crippen molar-refractivity contribution in [3.8, 4) is 5.75 Å². The molecule has 0 saturated carbocycles. The third-order valence-electron chi connectivity index (χ3n) is 4.67. The maximum Gasteiger partial charge on any atom is 0.293 e. The molecule has 0 aliphatic carbocycles. The SMILES string of the molecule is O=C1SC(=Cc2cc(Br)ccc2OCc2cccc(F)c2)C(=O)N1Cc1ccc(F)cc1. The number of thioether (sulfide) groups is 1. The Kier molecular flexibility index (Phi) is 6.72. The molecule has 0 spiro atoms. The largest absolute Gasteiger partial charge is 0.488 e. The normalized spacial score (nSPS) is 15.0. The lowest BCUT2D eigenvalue weighted by Gasteiger charge is -2.12. The first-order chi connectivity index (χ1) is 15.4. The van der Waals surface area contributed by atoms with Gasteiger partial charge < -0.3 is 4.74 Å². The van der Waals surface area contributed by atoms with Crippen molar-refractivity contribution in [2.45, 2.75) is 13.2 Å². The first-order valence-corrected chi connectivity index (χ1v) is 11.2. The molecular weight excluding hydrogens is 500 g/mol. The van der Waals surface area contributed by atoms with E-state index in [1.54, 1.807) is 36.4 Å². The number of benzene rings is 3. The van der Waals surface area contributed by atoms with E-state index in [0.29, 0.717) is 22.4 Å². The van der Waals surface area contributed by atoms with Crippen LogP contribution in [-0.4, -0.2) is 16.0 Å². The summed E-state index contributed by atoms with van der Waals surface area (Å²) < 4.78 is 33.2. The predicted molar refractivity (Wildman–Crippen MR) is 123 cm³/mol. The maximum atomic E-state index is 13.4. The van der Waals surface area contributed by atoms with E-state index in [1.165, 1.54) is 36.4 Å². The zero-order valence-electron chi connectivity index (χ0n) is 16.6. The van der Waals surface area contributed by atoms with E-state index >= 15 is 0 Å². The Morgan fingerprint density at radius 1 is 0.938 bits per heavy atom. The molecule has 0 atom stereocenters. The monoisotopic (exact) mass is 515 g/mol. The fourth-order valence-electron chi connectivity index (χ4n) is 3.10. The van der Waals surface area contributed by atoms with Gasteiger partial charge in [0.2, 0.25) is 0 Å². The molecule has 0 N–H and O–H groups in total. The Bertz CT molecular complexity index is 1210. The highest BCUT2D eigenvalue weighted by molar-refractivity contribution is 9.10. The molecule has 8 heteroatoms. The number of rotatable bonds is 6. The van der Waals surface area contributed by atoms with Gasteiger partial charge in [-0.25, -0.2) is 8.78 Å². The van der Waals surface area contributed by atoms with E-state index in [1.807, 2.05) is 0 Å². The van der Waals surface area contributed by atoms with Crippen molar-refractivity contribution in [3.05, 3.63) is 104 Å². The molecule has 3 aromatic rings. The van der Waals surface area contributed by atoms with E-state index in [0.717, 1.165) is 21.1 Å². The van der Waals surface area contributed by atoms with Gasteiger partial charge in [-0.1, -0.05) is 40.2 Å². The highest BCUT2D eigenvalue weighted by atomic mass is 79.9. The Labute approximate surface area is 196 Å². The van der Waals surface area contributed by atoms with Gasteiger partial charge in [0.15, 0.2) is 0 Å². The minimum absolute atomic E-state index is 0.0592. The number of halogens is 3. The Morgan fingerprint density at radius 2 is 1.72 bits per heavy atom. The number of amides is 2. The molecule has 3 aromatic carbocycles. The minimum Gasteiger partial charge on any atom is -0.488 e. The fraction of sp³-hybridized carbons (Fsp3) is 0.0833. The van der Waals surface area contributed by atoms with Crippen LogP contribution >= 0.6 is 27.7 Å². The van der Waals surface area contributed by atoms with Crippen LogP contribution in [-0.2, 0) is 17.9 Å². The minimum atomic E-state index is -0.430. The summed E-state index contributed by atoms with van der Waals surface area (Å²) in [6.07, 6.45) is 1.60. The standard InChI is InChI=1S/C24H16BrF2NO3S/c25-18-6-9-21(31-14-16-2-1-3-20(27)10-16)17(11-18)12-22-23(29)28(24(30)32-22)13-15-4-7-19(26)8-5-15/h1-12H,13-14H2. The second-order valence-corrected chi connectivity index (χ2v) is 8.90. The van der Waals surface area contributed by atoms with Gasteiger partial charge in [-0.3, -0.25) is 14.5 Å². The summed E-state index contributed by atoms with van der Waals surface area (Å²) in [6, 6.07) is 17.0. The van der Waals surface area contributed by atoms with Crippen molar-refractivity contribution in [1.82, 2.24) is 4.90 Å². The van der Waals surface area contributed by atoms with Gasteiger partial charge in [0.1, 0.15) is 24.0 Å². The van der Waals surface area contributed by atoms with Crippen molar-refractivity contribution < 1.29 is 23.1 Å². The highest BCUT2D eigenvalue weighted by Gasteiger charge is 2.35. The molecule has 0 unspecified atom stereocenters. The predicted octanol–water partition coefficient (Wildman–Crippen LogP) is 6.54. The molecule has 1 heterocycles. The molecule has 4 rings (SSSR count). The van der Waals surface area contributed by atoms with Crippen LogP contribution in [0.25, 0.3) is 6.08 Å². The topological polar surface area (TPSA) is 46.6 Å². The third kappa shape index (κ3) is 5.26.